The molecule has 2 heterocycles. The van der Waals surface area contributed by atoms with Gasteiger partial charge in [0.2, 0.25) is 0 Å². The molecule has 2 rings (SSSR count). The van der Waals surface area contributed by atoms with E-state index in [-0.39, 0.29) is 11.9 Å². The lowest BCUT2D eigenvalue weighted by Crippen LogP contribution is -2.33. The number of halogens is 5. The first-order chi connectivity index (χ1) is 9.72. The zero-order valence-electron chi connectivity index (χ0n) is 10.7. The van der Waals surface area contributed by atoms with Crippen molar-refractivity contribution in [3.05, 3.63) is 40.5 Å². The van der Waals surface area contributed by atoms with Gasteiger partial charge < -0.3 is 5.32 Å². The molecule has 0 aromatic carbocycles. The number of alkyl halides is 5. The monoisotopic (exact) mass is 323 g/mol. The Hall–Kier alpha value is -1.77. The van der Waals surface area contributed by atoms with Crippen LogP contribution in [0.2, 0.25) is 0 Å². The Kier molecular flexibility index (Phi) is 4.13. The van der Waals surface area contributed by atoms with E-state index in [9.17, 15) is 22.0 Å². The maximum atomic E-state index is 13.1. The quantitative estimate of drug-likeness (QED) is 0.849. The van der Waals surface area contributed by atoms with E-state index in [1.165, 1.54) is 11.3 Å². The number of hydrogen-bond acceptors (Lipinski definition) is 4. The molecular weight excluding hydrogens is 313 g/mol. The first-order valence-electron chi connectivity index (χ1n) is 5.78. The second-order valence-electron chi connectivity index (χ2n) is 4.27. The summed E-state index contributed by atoms with van der Waals surface area (Å²) in [6, 6.07) is 1.62. The summed E-state index contributed by atoms with van der Waals surface area (Å²) in [5.74, 6) is -4.71. The second-order valence-corrected chi connectivity index (χ2v) is 5.19. The van der Waals surface area contributed by atoms with Gasteiger partial charge in [-0.2, -0.15) is 22.0 Å². The molecular formula is C12H10F5N3S. The van der Waals surface area contributed by atoms with E-state index in [2.05, 4.69) is 15.3 Å². The SMILES string of the molecule is C[C@H](Nc1ccc(C(F)(F)C(F)(F)F)cn1)c1cncs1. The van der Waals surface area contributed by atoms with Gasteiger partial charge in [-0.1, -0.05) is 0 Å². The third-order valence-corrected chi connectivity index (χ3v) is 3.68. The fourth-order valence-electron chi connectivity index (χ4n) is 1.56. The number of pyridine rings is 1. The molecule has 2 aromatic rings. The van der Waals surface area contributed by atoms with Crippen molar-refractivity contribution >= 4 is 17.2 Å². The summed E-state index contributed by atoms with van der Waals surface area (Å²) in [5.41, 5.74) is 0.444. The number of nitrogens with zero attached hydrogens (tertiary/aromatic N) is 2. The molecule has 114 valence electrons. The maximum absolute atomic E-state index is 13.1. The first-order valence-corrected chi connectivity index (χ1v) is 6.66. The van der Waals surface area contributed by atoms with Crippen LogP contribution in [-0.2, 0) is 5.92 Å². The van der Waals surface area contributed by atoms with Crippen molar-refractivity contribution in [2.24, 2.45) is 0 Å². The lowest BCUT2D eigenvalue weighted by atomic mass is 10.1. The predicted octanol–water partition coefficient (Wildman–Crippen LogP) is 4.37. The molecule has 0 aliphatic heterocycles. The molecule has 0 bridgehead atoms. The lowest BCUT2D eigenvalue weighted by molar-refractivity contribution is -0.289. The summed E-state index contributed by atoms with van der Waals surface area (Å²) in [6.07, 6.45) is -3.48. The summed E-state index contributed by atoms with van der Waals surface area (Å²) >= 11 is 1.39. The number of nitrogens with one attached hydrogen (secondary N) is 1. The van der Waals surface area contributed by atoms with E-state index in [1.807, 2.05) is 0 Å². The lowest BCUT2D eigenvalue weighted by Gasteiger charge is -2.20. The summed E-state index contributed by atoms with van der Waals surface area (Å²) in [7, 11) is 0. The number of rotatable bonds is 4. The van der Waals surface area contributed by atoms with Crippen molar-refractivity contribution in [3.8, 4) is 0 Å². The highest BCUT2D eigenvalue weighted by atomic mass is 32.1. The van der Waals surface area contributed by atoms with E-state index in [1.54, 1.807) is 18.6 Å². The molecule has 0 unspecified atom stereocenters. The molecule has 0 fully saturated rings. The van der Waals surface area contributed by atoms with Gasteiger partial charge in [-0.3, -0.25) is 4.98 Å². The maximum Gasteiger partial charge on any atom is 0.458 e. The van der Waals surface area contributed by atoms with E-state index < -0.39 is 17.7 Å². The number of hydrogen-bond donors (Lipinski definition) is 1. The molecule has 3 nitrogen and oxygen atoms in total. The average Bonchev–Trinajstić information content (AvgIpc) is 2.92. The Morgan fingerprint density at radius 2 is 1.86 bits per heavy atom. The molecule has 0 saturated carbocycles. The Balaban J connectivity index is 2.13. The Bertz CT molecular complexity index is 580. The van der Waals surface area contributed by atoms with Crippen LogP contribution >= 0.6 is 11.3 Å². The fraction of sp³-hybridized carbons (Fsp3) is 0.333. The molecule has 1 atom stereocenters. The normalized spacial score (nSPS) is 14.0. The van der Waals surface area contributed by atoms with Gasteiger partial charge in [0.1, 0.15) is 5.82 Å². The van der Waals surface area contributed by atoms with Crippen molar-refractivity contribution in [2.75, 3.05) is 5.32 Å². The summed E-state index contributed by atoms with van der Waals surface area (Å²) < 4.78 is 62.8. The molecule has 21 heavy (non-hydrogen) atoms. The summed E-state index contributed by atoms with van der Waals surface area (Å²) in [4.78, 5) is 8.38. The van der Waals surface area contributed by atoms with Gasteiger partial charge in [-0.05, 0) is 19.1 Å². The minimum Gasteiger partial charge on any atom is -0.363 e. The van der Waals surface area contributed by atoms with Crippen LogP contribution in [0.4, 0.5) is 27.8 Å². The largest absolute Gasteiger partial charge is 0.458 e. The van der Waals surface area contributed by atoms with Crippen molar-refractivity contribution in [1.29, 1.82) is 0 Å². The highest BCUT2D eigenvalue weighted by Gasteiger charge is 2.58. The van der Waals surface area contributed by atoms with Crippen LogP contribution in [0.15, 0.2) is 30.0 Å². The number of anilines is 1. The van der Waals surface area contributed by atoms with Crippen molar-refractivity contribution in [3.63, 3.8) is 0 Å². The van der Waals surface area contributed by atoms with Crippen LogP contribution in [0.1, 0.15) is 23.4 Å². The van der Waals surface area contributed by atoms with E-state index in [4.69, 9.17) is 0 Å². The van der Waals surface area contributed by atoms with E-state index in [0.29, 0.717) is 12.3 Å². The minimum atomic E-state index is -5.64. The highest BCUT2D eigenvalue weighted by Crippen LogP contribution is 2.43. The Morgan fingerprint density at radius 3 is 2.33 bits per heavy atom. The van der Waals surface area contributed by atoms with Gasteiger partial charge in [-0.15, -0.1) is 11.3 Å². The molecule has 0 aliphatic rings. The number of aromatic nitrogens is 2. The minimum absolute atomic E-state index is 0.182. The van der Waals surface area contributed by atoms with Gasteiger partial charge in [0.25, 0.3) is 0 Å². The molecule has 2 aromatic heterocycles. The second kappa shape index (κ2) is 5.55. The van der Waals surface area contributed by atoms with Crippen molar-refractivity contribution in [2.45, 2.75) is 25.1 Å². The molecule has 0 radical (unpaired) electrons. The molecule has 0 aliphatic carbocycles. The van der Waals surface area contributed by atoms with Gasteiger partial charge in [0.15, 0.2) is 0 Å². The van der Waals surface area contributed by atoms with Crippen LogP contribution in [0.25, 0.3) is 0 Å². The fourth-order valence-corrected chi connectivity index (χ4v) is 2.19. The topological polar surface area (TPSA) is 37.8 Å². The predicted molar refractivity (Wildman–Crippen MR) is 68.3 cm³/mol. The summed E-state index contributed by atoms with van der Waals surface area (Å²) in [5, 5.41) is 2.89. The molecule has 9 heteroatoms. The van der Waals surface area contributed by atoms with Crippen LogP contribution in [-0.4, -0.2) is 16.1 Å². The highest BCUT2D eigenvalue weighted by molar-refractivity contribution is 7.09. The zero-order valence-corrected chi connectivity index (χ0v) is 11.5. The average molecular weight is 323 g/mol. The molecule has 0 saturated heterocycles. The third kappa shape index (κ3) is 3.29. The Morgan fingerprint density at radius 1 is 1.14 bits per heavy atom. The van der Waals surface area contributed by atoms with Crippen LogP contribution < -0.4 is 5.32 Å². The third-order valence-electron chi connectivity index (χ3n) is 2.72. The van der Waals surface area contributed by atoms with Gasteiger partial charge >= 0.3 is 12.1 Å². The van der Waals surface area contributed by atoms with Crippen molar-refractivity contribution in [1.82, 2.24) is 9.97 Å². The Labute approximate surface area is 120 Å². The first kappa shape index (κ1) is 15.6. The molecule has 1 N–H and O–H groups in total. The van der Waals surface area contributed by atoms with Crippen LogP contribution in [0.5, 0.6) is 0 Å². The van der Waals surface area contributed by atoms with E-state index in [0.717, 1.165) is 10.9 Å². The molecule has 0 spiro atoms. The standard InChI is InChI=1S/C12H10F5N3S/c1-7(9-5-18-6-21-9)20-10-3-2-8(4-19-10)11(13,14)12(15,16)17/h2-7H,1H3,(H,19,20)/t7-/m0/s1. The van der Waals surface area contributed by atoms with Gasteiger partial charge in [0.05, 0.1) is 11.6 Å². The van der Waals surface area contributed by atoms with Crippen LogP contribution in [0, 0.1) is 0 Å². The summed E-state index contributed by atoms with van der Waals surface area (Å²) in [6.45, 7) is 1.80. The van der Waals surface area contributed by atoms with Crippen molar-refractivity contribution < 1.29 is 22.0 Å². The zero-order chi connectivity index (χ0) is 15.7. The van der Waals surface area contributed by atoms with E-state index >= 15 is 0 Å². The van der Waals surface area contributed by atoms with Crippen LogP contribution in [0.3, 0.4) is 0 Å². The smallest absolute Gasteiger partial charge is 0.363 e. The molecule has 0 amide bonds. The van der Waals surface area contributed by atoms with Gasteiger partial charge in [0, 0.05) is 22.8 Å². The van der Waals surface area contributed by atoms with Gasteiger partial charge in [-0.25, -0.2) is 4.98 Å². The number of thiazole rings is 1.